The Kier molecular flexibility index (Phi) is 50.0. The summed E-state index contributed by atoms with van der Waals surface area (Å²) in [6, 6.07) is 0. The van der Waals surface area contributed by atoms with E-state index in [4.69, 9.17) is 14.2 Å². The van der Waals surface area contributed by atoms with Gasteiger partial charge in [-0.3, -0.25) is 9.59 Å². The minimum atomic E-state index is -0.558. The number of carbonyl (C=O) groups is 2. The molecule has 0 bridgehead atoms. The number of hydrogen-bond donors (Lipinski definition) is 0. The first-order valence-corrected chi connectivity index (χ1v) is 26.1. The van der Waals surface area contributed by atoms with E-state index in [9.17, 15) is 9.59 Å². The minimum Gasteiger partial charge on any atom is -0.462 e. The fourth-order valence-electron chi connectivity index (χ4n) is 7.10. The second kappa shape index (κ2) is 52.4. The molecule has 0 rings (SSSR count). The molecule has 0 aromatic rings. The minimum absolute atomic E-state index is 0.0655. The largest absolute Gasteiger partial charge is 0.462 e. The van der Waals surface area contributed by atoms with Gasteiger partial charge in [0, 0.05) is 19.4 Å². The first-order chi connectivity index (χ1) is 30.6. The molecule has 5 heteroatoms. The van der Waals surface area contributed by atoms with Crippen molar-refractivity contribution in [3.8, 4) is 0 Å². The number of carbonyl (C=O) groups excluding carboxylic acids is 2. The van der Waals surface area contributed by atoms with E-state index in [1.807, 2.05) is 0 Å². The summed E-state index contributed by atoms with van der Waals surface area (Å²) in [6.45, 7) is 7.53. The van der Waals surface area contributed by atoms with Gasteiger partial charge < -0.3 is 14.2 Å². The highest BCUT2D eigenvalue weighted by Gasteiger charge is 2.17. The smallest absolute Gasteiger partial charge is 0.306 e. The molecule has 1 atom stereocenters. The third kappa shape index (κ3) is 49.7. The van der Waals surface area contributed by atoms with Crippen LogP contribution in [-0.4, -0.2) is 37.9 Å². The molecule has 0 amide bonds. The van der Waals surface area contributed by atoms with Crippen molar-refractivity contribution < 1.29 is 23.8 Å². The van der Waals surface area contributed by atoms with Crippen molar-refractivity contribution in [1.82, 2.24) is 0 Å². The predicted molar refractivity (Wildman–Crippen MR) is 270 cm³/mol. The molecule has 0 radical (unpaired) electrons. The van der Waals surface area contributed by atoms with Crippen LogP contribution in [0.2, 0.25) is 0 Å². The van der Waals surface area contributed by atoms with Gasteiger partial charge in [0.25, 0.3) is 0 Å². The summed E-state index contributed by atoms with van der Waals surface area (Å²) in [5, 5.41) is 0. The Bertz CT molecular complexity index is 1160. The van der Waals surface area contributed by atoms with Crippen LogP contribution >= 0.6 is 0 Å². The zero-order chi connectivity index (χ0) is 44.9. The van der Waals surface area contributed by atoms with Crippen LogP contribution in [0.25, 0.3) is 0 Å². The van der Waals surface area contributed by atoms with Crippen molar-refractivity contribution in [3.05, 3.63) is 85.1 Å². The SMILES string of the molecule is CC/C=C\C/C=C\C/C=C\C/C=C\CCCCCOCC(COC(=O)CCCCCCCCC/C=C\C/C=C\C/C=C\CC)OC(=O)CCCCCCCCCCCCCCC. The monoisotopic (exact) mass is 863 g/mol. The lowest BCUT2D eigenvalue weighted by Crippen LogP contribution is -2.30. The molecule has 0 aromatic heterocycles. The van der Waals surface area contributed by atoms with E-state index in [-0.39, 0.29) is 25.2 Å². The Morgan fingerprint density at radius 3 is 1.16 bits per heavy atom. The molecule has 356 valence electrons. The molecule has 0 saturated heterocycles. The standard InChI is InChI=1S/C57H98O5/c1-4-7-10-13-16-19-22-25-27-29-30-33-35-38-41-44-47-50-56(58)61-54-55(62-57(59)51-48-45-42-39-36-32-24-21-18-15-12-9-6-3)53-60-52-49-46-43-40-37-34-31-28-26-23-20-17-14-11-8-5-2/h7-8,10-11,16-17,19-20,25-28,34,37,55H,4-6,9,12-15,18,21-24,29-33,35-36,38-54H2,1-3H3/b10-7-,11-8-,19-16-,20-17-,27-25-,28-26-,37-34-. The van der Waals surface area contributed by atoms with Gasteiger partial charge in [0.2, 0.25) is 0 Å². The predicted octanol–water partition coefficient (Wildman–Crippen LogP) is 17.7. The lowest BCUT2D eigenvalue weighted by atomic mass is 10.0. The van der Waals surface area contributed by atoms with Crippen LogP contribution in [-0.2, 0) is 23.8 Å². The van der Waals surface area contributed by atoms with Crippen molar-refractivity contribution in [2.45, 2.75) is 245 Å². The van der Waals surface area contributed by atoms with E-state index >= 15 is 0 Å². The molecule has 0 aromatic carbocycles. The highest BCUT2D eigenvalue weighted by molar-refractivity contribution is 5.70. The molecule has 5 nitrogen and oxygen atoms in total. The molecule has 1 unspecified atom stereocenters. The summed E-state index contributed by atoms with van der Waals surface area (Å²) in [5.74, 6) is -0.424. The van der Waals surface area contributed by atoms with Crippen LogP contribution < -0.4 is 0 Å². The van der Waals surface area contributed by atoms with Gasteiger partial charge in [-0.2, -0.15) is 0 Å². The quantitative estimate of drug-likeness (QED) is 0.0346. The van der Waals surface area contributed by atoms with Gasteiger partial charge >= 0.3 is 11.9 Å². The Morgan fingerprint density at radius 2 is 0.726 bits per heavy atom. The average molecular weight is 863 g/mol. The van der Waals surface area contributed by atoms with E-state index in [2.05, 4.69) is 106 Å². The number of unbranched alkanes of at least 4 members (excludes halogenated alkanes) is 22. The van der Waals surface area contributed by atoms with Crippen molar-refractivity contribution in [3.63, 3.8) is 0 Å². The molecule has 0 aliphatic rings. The van der Waals surface area contributed by atoms with E-state index in [1.165, 1.54) is 96.3 Å². The van der Waals surface area contributed by atoms with E-state index in [1.54, 1.807) is 0 Å². The van der Waals surface area contributed by atoms with Crippen molar-refractivity contribution in [2.75, 3.05) is 19.8 Å². The van der Waals surface area contributed by atoms with Crippen LogP contribution in [0.3, 0.4) is 0 Å². The summed E-state index contributed by atoms with van der Waals surface area (Å²) in [7, 11) is 0. The highest BCUT2D eigenvalue weighted by atomic mass is 16.6. The van der Waals surface area contributed by atoms with Crippen LogP contribution in [0.15, 0.2) is 85.1 Å². The third-order valence-corrected chi connectivity index (χ3v) is 10.9. The zero-order valence-corrected chi connectivity index (χ0v) is 40.9. The van der Waals surface area contributed by atoms with Gasteiger partial charge in [0.05, 0.1) is 6.61 Å². The topological polar surface area (TPSA) is 61.8 Å². The van der Waals surface area contributed by atoms with Crippen LogP contribution in [0, 0.1) is 0 Å². The molecular weight excluding hydrogens is 765 g/mol. The van der Waals surface area contributed by atoms with Gasteiger partial charge in [-0.15, -0.1) is 0 Å². The molecule has 0 aliphatic carbocycles. The van der Waals surface area contributed by atoms with Gasteiger partial charge in [-0.25, -0.2) is 0 Å². The van der Waals surface area contributed by atoms with Crippen LogP contribution in [0.5, 0.6) is 0 Å². The summed E-state index contributed by atoms with van der Waals surface area (Å²) in [6.07, 6.45) is 68.8. The first kappa shape index (κ1) is 59.1. The van der Waals surface area contributed by atoms with Crippen molar-refractivity contribution in [1.29, 1.82) is 0 Å². The average Bonchev–Trinajstić information content (AvgIpc) is 3.27. The normalized spacial score (nSPS) is 12.9. The van der Waals surface area contributed by atoms with Gasteiger partial charge in [0.15, 0.2) is 6.10 Å². The third-order valence-electron chi connectivity index (χ3n) is 10.9. The second-order valence-electron chi connectivity index (χ2n) is 17.0. The molecular formula is C57H98O5. The molecule has 0 spiro atoms. The van der Waals surface area contributed by atoms with Gasteiger partial charge in [-0.1, -0.05) is 221 Å². The van der Waals surface area contributed by atoms with Crippen LogP contribution in [0.4, 0.5) is 0 Å². The van der Waals surface area contributed by atoms with Crippen molar-refractivity contribution in [2.24, 2.45) is 0 Å². The van der Waals surface area contributed by atoms with E-state index in [0.29, 0.717) is 19.4 Å². The summed E-state index contributed by atoms with van der Waals surface area (Å²) >= 11 is 0. The summed E-state index contributed by atoms with van der Waals surface area (Å²) in [4.78, 5) is 25.4. The second-order valence-corrected chi connectivity index (χ2v) is 17.0. The summed E-state index contributed by atoms with van der Waals surface area (Å²) in [5.41, 5.74) is 0. The first-order valence-electron chi connectivity index (χ1n) is 26.1. The molecule has 0 fully saturated rings. The molecule has 0 aliphatic heterocycles. The van der Waals surface area contributed by atoms with Crippen molar-refractivity contribution >= 4 is 11.9 Å². The summed E-state index contributed by atoms with van der Waals surface area (Å²) < 4.78 is 17.4. The Labute approximate surface area is 384 Å². The number of allylic oxidation sites excluding steroid dienone is 14. The lowest BCUT2D eigenvalue weighted by molar-refractivity contribution is -0.163. The number of esters is 2. The van der Waals surface area contributed by atoms with E-state index in [0.717, 1.165) is 109 Å². The highest BCUT2D eigenvalue weighted by Crippen LogP contribution is 2.15. The van der Waals surface area contributed by atoms with Gasteiger partial charge in [0.1, 0.15) is 6.61 Å². The zero-order valence-electron chi connectivity index (χ0n) is 40.9. The lowest BCUT2D eigenvalue weighted by Gasteiger charge is -2.18. The maximum Gasteiger partial charge on any atom is 0.306 e. The maximum absolute atomic E-state index is 12.8. The Morgan fingerprint density at radius 1 is 0.371 bits per heavy atom. The fourth-order valence-corrected chi connectivity index (χ4v) is 7.10. The molecule has 0 N–H and O–H groups in total. The maximum atomic E-state index is 12.8. The number of rotatable bonds is 47. The van der Waals surface area contributed by atoms with E-state index < -0.39 is 6.10 Å². The molecule has 0 saturated carbocycles. The Balaban J connectivity index is 4.33. The molecule has 62 heavy (non-hydrogen) atoms. The molecule has 0 heterocycles. The van der Waals surface area contributed by atoms with Crippen LogP contribution in [0.1, 0.15) is 239 Å². The Hall–Kier alpha value is -2.92. The van der Waals surface area contributed by atoms with Gasteiger partial charge in [-0.05, 0) is 89.9 Å². The number of hydrogen-bond acceptors (Lipinski definition) is 5. The fraction of sp³-hybridized carbons (Fsp3) is 0.719. The number of ether oxygens (including phenoxy) is 3.